The Labute approximate surface area is 107 Å². The van der Waals surface area contributed by atoms with Crippen molar-refractivity contribution in [2.75, 3.05) is 0 Å². The first-order valence-electron chi connectivity index (χ1n) is 6.09. The second-order valence-corrected chi connectivity index (χ2v) is 4.17. The number of hydrogen-bond acceptors (Lipinski definition) is 3. The van der Waals surface area contributed by atoms with Crippen LogP contribution < -0.4 is 5.32 Å². The summed E-state index contributed by atoms with van der Waals surface area (Å²) in [5.74, 6) is 0.964. The zero-order valence-electron chi connectivity index (χ0n) is 10.4. The molecule has 0 aliphatic carbocycles. The fourth-order valence-electron chi connectivity index (χ4n) is 1.87. The van der Waals surface area contributed by atoms with E-state index in [9.17, 15) is 0 Å². The third kappa shape index (κ3) is 2.99. The van der Waals surface area contributed by atoms with Crippen molar-refractivity contribution in [3.05, 3.63) is 59.5 Å². The van der Waals surface area contributed by atoms with Gasteiger partial charge in [-0.2, -0.15) is 5.26 Å². The van der Waals surface area contributed by atoms with Crippen LogP contribution in [0.2, 0.25) is 0 Å². The average molecular weight is 240 g/mol. The van der Waals surface area contributed by atoms with E-state index < -0.39 is 0 Å². The first-order chi connectivity index (χ1) is 8.83. The topological polar surface area (TPSA) is 49.0 Å². The van der Waals surface area contributed by atoms with Gasteiger partial charge in [-0.25, -0.2) is 0 Å². The molecular weight excluding hydrogens is 224 g/mol. The molecule has 0 spiro atoms. The minimum atomic E-state index is 0.232. The summed E-state index contributed by atoms with van der Waals surface area (Å²) in [6.07, 6.45) is 2.67. The fourth-order valence-corrected chi connectivity index (χ4v) is 1.87. The minimum absolute atomic E-state index is 0.232. The van der Waals surface area contributed by atoms with E-state index >= 15 is 0 Å². The highest BCUT2D eigenvalue weighted by atomic mass is 16.3. The van der Waals surface area contributed by atoms with Crippen molar-refractivity contribution in [2.24, 2.45) is 0 Å². The van der Waals surface area contributed by atoms with Gasteiger partial charge in [-0.05, 0) is 36.2 Å². The summed E-state index contributed by atoms with van der Waals surface area (Å²) in [7, 11) is 0. The zero-order chi connectivity index (χ0) is 12.8. The number of nitrogens with one attached hydrogen (secondary N) is 1. The Bertz CT molecular complexity index is 508. The van der Waals surface area contributed by atoms with Gasteiger partial charge < -0.3 is 9.73 Å². The van der Waals surface area contributed by atoms with Gasteiger partial charge in [-0.3, -0.25) is 0 Å². The van der Waals surface area contributed by atoms with Crippen molar-refractivity contribution in [3.8, 4) is 6.07 Å². The number of rotatable bonds is 5. The van der Waals surface area contributed by atoms with E-state index in [4.69, 9.17) is 9.68 Å². The Morgan fingerprint density at radius 1 is 1.28 bits per heavy atom. The highest BCUT2D eigenvalue weighted by Crippen LogP contribution is 2.17. The first kappa shape index (κ1) is 12.4. The molecule has 0 aliphatic heterocycles. The molecule has 2 aromatic rings. The lowest BCUT2D eigenvalue weighted by Gasteiger charge is -2.14. The molecule has 0 fully saturated rings. The average Bonchev–Trinajstić information content (AvgIpc) is 2.94. The molecule has 18 heavy (non-hydrogen) atoms. The van der Waals surface area contributed by atoms with E-state index in [0.29, 0.717) is 5.56 Å². The van der Waals surface area contributed by atoms with Gasteiger partial charge >= 0.3 is 0 Å². The highest BCUT2D eigenvalue weighted by Gasteiger charge is 2.10. The van der Waals surface area contributed by atoms with Crippen molar-refractivity contribution in [1.29, 1.82) is 5.26 Å². The summed E-state index contributed by atoms with van der Waals surface area (Å²) < 4.78 is 5.41. The molecule has 92 valence electrons. The van der Waals surface area contributed by atoms with E-state index in [1.54, 1.807) is 6.26 Å². The number of furan rings is 1. The van der Waals surface area contributed by atoms with Crippen molar-refractivity contribution >= 4 is 0 Å². The SMILES string of the molecule is CCC(NCc1ccc(C#N)cc1)c1ccco1. The normalized spacial score (nSPS) is 12.0. The Balaban J connectivity index is 1.95. The third-order valence-corrected chi connectivity index (χ3v) is 2.93. The number of hydrogen-bond donors (Lipinski definition) is 1. The van der Waals surface area contributed by atoms with Gasteiger partial charge in [0, 0.05) is 6.54 Å². The smallest absolute Gasteiger partial charge is 0.120 e. The largest absolute Gasteiger partial charge is 0.468 e. The van der Waals surface area contributed by atoms with Gasteiger partial charge in [0.25, 0.3) is 0 Å². The number of nitriles is 1. The second-order valence-electron chi connectivity index (χ2n) is 4.17. The van der Waals surface area contributed by atoms with Crippen molar-refractivity contribution in [2.45, 2.75) is 25.9 Å². The molecule has 3 nitrogen and oxygen atoms in total. The molecular formula is C15H16N2O. The summed E-state index contributed by atoms with van der Waals surface area (Å²) in [5, 5.41) is 12.2. The van der Waals surface area contributed by atoms with Crippen LogP contribution in [0, 0.1) is 11.3 Å². The molecule has 0 saturated heterocycles. The van der Waals surface area contributed by atoms with E-state index in [1.165, 1.54) is 5.56 Å². The van der Waals surface area contributed by atoms with Crippen molar-refractivity contribution in [3.63, 3.8) is 0 Å². The van der Waals surface area contributed by atoms with E-state index in [0.717, 1.165) is 18.7 Å². The van der Waals surface area contributed by atoms with Crippen LogP contribution in [0.15, 0.2) is 47.1 Å². The van der Waals surface area contributed by atoms with Crippen molar-refractivity contribution < 1.29 is 4.42 Å². The number of nitrogens with zero attached hydrogens (tertiary/aromatic N) is 1. The lowest BCUT2D eigenvalue weighted by Crippen LogP contribution is -2.19. The lowest BCUT2D eigenvalue weighted by molar-refractivity contribution is 0.403. The summed E-state index contributed by atoms with van der Waals surface area (Å²) in [5.41, 5.74) is 1.86. The van der Waals surface area contributed by atoms with Crippen molar-refractivity contribution in [1.82, 2.24) is 5.32 Å². The van der Waals surface area contributed by atoms with Crippen LogP contribution in [0.3, 0.4) is 0 Å². The standard InChI is InChI=1S/C15H16N2O/c1-2-14(15-4-3-9-18-15)17-11-13-7-5-12(10-16)6-8-13/h3-9,14,17H,2,11H2,1H3. The van der Waals surface area contributed by atoms with Gasteiger partial charge in [-0.1, -0.05) is 19.1 Å². The summed E-state index contributed by atoms with van der Waals surface area (Å²) >= 11 is 0. The van der Waals surface area contributed by atoms with Crippen LogP contribution in [0.4, 0.5) is 0 Å². The van der Waals surface area contributed by atoms with Gasteiger partial charge in [0.05, 0.1) is 23.9 Å². The quantitative estimate of drug-likeness (QED) is 0.871. The molecule has 2 rings (SSSR count). The Kier molecular flexibility index (Phi) is 4.16. The predicted octanol–water partition coefficient (Wildman–Crippen LogP) is 3.39. The molecule has 1 aromatic heterocycles. The molecule has 0 radical (unpaired) electrons. The third-order valence-electron chi connectivity index (χ3n) is 2.93. The van der Waals surface area contributed by atoms with Crippen LogP contribution in [0.1, 0.15) is 36.3 Å². The van der Waals surface area contributed by atoms with Gasteiger partial charge in [0.2, 0.25) is 0 Å². The molecule has 1 heterocycles. The van der Waals surface area contributed by atoms with Crippen LogP contribution in [0.5, 0.6) is 0 Å². The molecule has 0 aliphatic rings. The van der Waals surface area contributed by atoms with E-state index in [1.807, 2.05) is 36.4 Å². The van der Waals surface area contributed by atoms with Crippen LogP contribution >= 0.6 is 0 Å². The second kappa shape index (κ2) is 6.04. The van der Waals surface area contributed by atoms with E-state index in [2.05, 4.69) is 18.3 Å². The fraction of sp³-hybridized carbons (Fsp3) is 0.267. The maximum Gasteiger partial charge on any atom is 0.120 e. The molecule has 0 bridgehead atoms. The lowest BCUT2D eigenvalue weighted by atomic mass is 10.1. The van der Waals surface area contributed by atoms with Crippen LogP contribution in [-0.4, -0.2) is 0 Å². The number of benzene rings is 1. The predicted molar refractivity (Wildman–Crippen MR) is 69.7 cm³/mol. The maximum absolute atomic E-state index is 8.73. The Morgan fingerprint density at radius 3 is 2.61 bits per heavy atom. The summed E-state index contributed by atoms with van der Waals surface area (Å²) in [6, 6.07) is 13.9. The van der Waals surface area contributed by atoms with Gasteiger partial charge in [0.15, 0.2) is 0 Å². The molecule has 3 heteroatoms. The summed E-state index contributed by atoms with van der Waals surface area (Å²) in [6.45, 7) is 2.89. The zero-order valence-corrected chi connectivity index (χ0v) is 10.4. The Hall–Kier alpha value is -2.05. The van der Waals surface area contributed by atoms with Gasteiger partial charge in [-0.15, -0.1) is 0 Å². The molecule has 1 aromatic carbocycles. The monoisotopic (exact) mass is 240 g/mol. The summed E-state index contributed by atoms with van der Waals surface area (Å²) in [4.78, 5) is 0. The van der Waals surface area contributed by atoms with Gasteiger partial charge in [0.1, 0.15) is 5.76 Å². The first-order valence-corrected chi connectivity index (χ1v) is 6.09. The van der Waals surface area contributed by atoms with Crippen LogP contribution in [-0.2, 0) is 6.54 Å². The molecule has 0 amide bonds. The molecule has 1 N–H and O–H groups in total. The van der Waals surface area contributed by atoms with Crippen LogP contribution in [0.25, 0.3) is 0 Å². The molecule has 1 unspecified atom stereocenters. The molecule has 1 atom stereocenters. The minimum Gasteiger partial charge on any atom is -0.468 e. The Morgan fingerprint density at radius 2 is 2.06 bits per heavy atom. The van der Waals surface area contributed by atoms with E-state index in [-0.39, 0.29) is 6.04 Å². The highest BCUT2D eigenvalue weighted by molar-refractivity contribution is 5.31. The molecule has 0 saturated carbocycles. The maximum atomic E-state index is 8.73.